The number of nitrogens with one attached hydrogen (secondary N) is 2. The van der Waals surface area contributed by atoms with Crippen molar-refractivity contribution in [2.24, 2.45) is 0 Å². The van der Waals surface area contributed by atoms with Gasteiger partial charge in [0.15, 0.2) is 0 Å². The molecule has 6 heteroatoms. The van der Waals surface area contributed by atoms with Crippen LogP contribution in [0.15, 0.2) is 24.3 Å². The van der Waals surface area contributed by atoms with Crippen molar-refractivity contribution in [2.45, 2.75) is 51.5 Å². The molecule has 2 aliphatic rings. The van der Waals surface area contributed by atoms with E-state index in [0.717, 1.165) is 19.0 Å². The summed E-state index contributed by atoms with van der Waals surface area (Å²) in [7, 11) is 0. The summed E-state index contributed by atoms with van der Waals surface area (Å²) in [6, 6.07) is 7.59. The summed E-state index contributed by atoms with van der Waals surface area (Å²) < 4.78 is 0. The van der Waals surface area contributed by atoms with Gasteiger partial charge in [-0.1, -0.05) is 12.1 Å². The molecule has 0 saturated carbocycles. The van der Waals surface area contributed by atoms with Crippen molar-refractivity contribution in [1.82, 2.24) is 10.2 Å². The summed E-state index contributed by atoms with van der Waals surface area (Å²) in [4.78, 5) is 39.5. The summed E-state index contributed by atoms with van der Waals surface area (Å²) in [5.41, 5.74) is 0.919. The third kappa shape index (κ3) is 4.75. The molecule has 0 spiro atoms. The highest BCUT2D eigenvalue weighted by molar-refractivity contribution is 6.21. The molecule has 2 atom stereocenters. The van der Waals surface area contributed by atoms with Crippen LogP contribution in [0.1, 0.15) is 66.2 Å². The summed E-state index contributed by atoms with van der Waals surface area (Å²) in [5, 5.41) is 2.96. The van der Waals surface area contributed by atoms with Gasteiger partial charge in [0.25, 0.3) is 11.8 Å². The Morgan fingerprint density at radius 1 is 1.15 bits per heavy atom. The highest BCUT2D eigenvalue weighted by Crippen LogP contribution is 2.22. The van der Waals surface area contributed by atoms with E-state index in [9.17, 15) is 14.4 Å². The topological polar surface area (TPSA) is 70.9 Å². The summed E-state index contributed by atoms with van der Waals surface area (Å²) in [6.45, 7) is 5.65. The molecule has 1 aromatic rings. The van der Waals surface area contributed by atoms with E-state index in [1.807, 2.05) is 0 Å². The first-order valence-corrected chi connectivity index (χ1v) is 10.1. The molecule has 2 aliphatic heterocycles. The maximum Gasteiger partial charge on any atom is 0.261 e. The van der Waals surface area contributed by atoms with Gasteiger partial charge >= 0.3 is 0 Å². The Hall–Kier alpha value is -2.21. The lowest BCUT2D eigenvalue weighted by Gasteiger charge is -2.30. The number of nitrogens with zero attached hydrogens (tertiary/aromatic N) is 1. The lowest BCUT2D eigenvalue weighted by molar-refractivity contribution is -0.928. The summed E-state index contributed by atoms with van der Waals surface area (Å²) >= 11 is 0. The molecule has 2 heterocycles. The molecule has 0 radical (unpaired) electrons. The van der Waals surface area contributed by atoms with E-state index >= 15 is 0 Å². The largest absolute Gasteiger partial charge is 0.356 e. The van der Waals surface area contributed by atoms with Gasteiger partial charge in [-0.2, -0.15) is 0 Å². The number of piperidine rings is 1. The van der Waals surface area contributed by atoms with E-state index in [1.165, 1.54) is 30.7 Å². The molecular weight excluding hydrogens is 342 g/mol. The summed E-state index contributed by atoms with van der Waals surface area (Å²) in [5.74, 6) is -0.516. The van der Waals surface area contributed by atoms with Crippen LogP contribution < -0.4 is 10.2 Å². The van der Waals surface area contributed by atoms with E-state index in [4.69, 9.17) is 0 Å². The van der Waals surface area contributed by atoms with Crippen molar-refractivity contribution < 1.29 is 19.3 Å². The van der Waals surface area contributed by atoms with Gasteiger partial charge in [-0.3, -0.25) is 19.3 Å². The molecule has 3 amide bonds. The maximum atomic E-state index is 12.3. The second kappa shape index (κ2) is 9.13. The molecule has 1 aromatic carbocycles. The fourth-order valence-electron chi connectivity index (χ4n) is 4.10. The van der Waals surface area contributed by atoms with Gasteiger partial charge in [0.2, 0.25) is 5.91 Å². The predicted octanol–water partition coefficient (Wildman–Crippen LogP) is 1.03. The molecule has 3 rings (SSSR count). The van der Waals surface area contributed by atoms with Gasteiger partial charge in [-0.05, 0) is 44.7 Å². The molecule has 2 N–H and O–H groups in total. The fraction of sp³-hybridized carbons (Fsp3) is 0.571. The lowest BCUT2D eigenvalue weighted by Crippen LogP contribution is -3.16. The minimum absolute atomic E-state index is 0.00620. The predicted molar refractivity (Wildman–Crippen MR) is 103 cm³/mol. The van der Waals surface area contributed by atoms with Gasteiger partial charge in [-0.15, -0.1) is 0 Å². The van der Waals surface area contributed by atoms with E-state index in [0.29, 0.717) is 30.5 Å². The van der Waals surface area contributed by atoms with Crippen LogP contribution in [0.25, 0.3) is 0 Å². The van der Waals surface area contributed by atoms with Crippen LogP contribution in [0.4, 0.5) is 0 Å². The van der Waals surface area contributed by atoms with E-state index < -0.39 is 0 Å². The van der Waals surface area contributed by atoms with E-state index in [2.05, 4.69) is 12.2 Å². The second-order valence-electron chi connectivity index (χ2n) is 7.67. The Morgan fingerprint density at radius 2 is 1.85 bits per heavy atom. The number of rotatable bonds is 8. The van der Waals surface area contributed by atoms with Crippen LogP contribution in [0.5, 0.6) is 0 Å². The first-order chi connectivity index (χ1) is 13.1. The van der Waals surface area contributed by atoms with Crippen LogP contribution in [-0.2, 0) is 4.79 Å². The summed E-state index contributed by atoms with van der Waals surface area (Å²) in [6.07, 6.45) is 5.77. The molecule has 6 nitrogen and oxygen atoms in total. The minimum atomic E-state index is -0.255. The zero-order valence-electron chi connectivity index (χ0n) is 16.1. The first kappa shape index (κ1) is 19.5. The van der Waals surface area contributed by atoms with Gasteiger partial charge in [0.05, 0.1) is 30.3 Å². The number of imide groups is 1. The van der Waals surface area contributed by atoms with Crippen molar-refractivity contribution >= 4 is 17.7 Å². The second-order valence-corrected chi connectivity index (χ2v) is 7.67. The van der Waals surface area contributed by atoms with Crippen LogP contribution in [0, 0.1) is 0 Å². The van der Waals surface area contributed by atoms with Crippen LogP contribution in [0.2, 0.25) is 0 Å². The molecule has 1 fully saturated rings. The van der Waals surface area contributed by atoms with Gasteiger partial charge in [0, 0.05) is 25.9 Å². The minimum Gasteiger partial charge on any atom is -0.356 e. The van der Waals surface area contributed by atoms with Gasteiger partial charge < -0.3 is 10.2 Å². The monoisotopic (exact) mass is 372 g/mol. The number of carbonyl (C=O) groups is 3. The SMILES string of the molecule is C[C@@H]1CCCC[NH+]1CCCNC(=O)CCCN1C(=O)c2ccccc2C1=O. The standard InChI is InChI=1S/C21H29N3O3/c1-16-8-4-5-13-23(16)14-7-12-22-19(25)11-6-15-24-20(26)17-9-2-3-10-18(17)21(24)27/h2-3,9-10,16H,4-8,11-15H2,1H3,(H,22,25)/p+1/t16-/m1/s1. The molecule has 0 bridgehead atoms. The fourth-order valence-corrected chi connectivity index (χ4v) is 4.10. The Kier molecular flexibility index (Phi) is 6.61. The third-order valence-electron chi connectivity index (χ3n) is 5.74. The molecule has 146 valence electrons. The highest BCUT2D eigenvalue weighted by atomic mass is 16.2. The number of carbonyl (C=O) groups excluding carboxylic acids is 3. The average molecular weight is 372 g/mol. The molecular formula is C21H30N3O3+. The van der Waals surface area contributed by atoms with E-state index in [1.54, 1.807) is 29.2 Å². The molecule has 0 aromatic heterocycles. The van der Waals surface area contributed by atoms with Gasteiger partial charge in [-0.25, -0.2) is 0 Å². The number of quaternary nitrogens is 1. The van der Waals surface area contributed by atoms with Crippen molar-refractivity contribution in [3.63, 3.8) is 0 Å². The number of hydrogen-bond donors (Lipinski definition) is 2. The van der Waals surface area contributed by atoms with Crippen molar-refractivity contribution in [3.8, 4) is 0 Å². The lowest BCUT2D eigenvalue weighted by atomic mass is 10.0. The van der Waals surface area contributed by atoms with Crippen molar-refractivity contribution in [1.29, 1.82) is 0 Å². The van der Waals surface area contributed by atoms with Crippen LogP contribution >= 0.6 is 0 Å². The number of fused-ring (bicyclic) bond motifs is 1. The number of benzene rings is 1. The Bertz CT molecular complexity index is 669. The zero-order valence-corrected chi connectivity index (χ0v) is 16.1. The number of likely N-dealkylation sites (tertiary alicyclic amines) is 1. The molecule has 1 unspecified atom stereocenters. The average Bonchev–Trinajstić information content (AvgIpc) is 2.92. The molecule has 0 aliphatic carbocycles. The zero-order chi connectivity index (χ0) is 19.2. The Labute approximate surface area is 160 Å². The molecule has 1 saturated heterocycles. The van der Waals surface area contributed by atoms with Crippen LogP contribution in [0.3, 0.4) is 0 Å². The number of amides is 3. The van der Waals surface area contributed by atoms with Crippen LogP contribution in [-0.4, -0.2) is 54.8 Å². The highest BCUT2D eigenvalue weighted by Gasteiger charge is 2.34. The Balaban J connectivity index is 1.32. The quantitative estimate of drug-likeness (QED) is 0.529. The van der Waals surface area contributed by atoms with Crippen molar-refractivity contribution in [2.75, 3.05) is 26.2 Å². The Morgan fingerprint density at radius 3 is 2.52 bits per heavy atom. The molecule has 27 heavy (non-hydrogen) atoms. The van der Waals surface area contributed by atoms with E-state index in [-0.39, 0.29) is 24.3 Å². The first-order valence-electron chi connectivity index (χ1n) is 10.1. The van der Waals surface area contributed by atoms with Crippen molar-refractivity contribution in [3.05, 3.63) is 35.4 Å². The third-order valence-corrected chi connectivity index (χ3v) is 5.74. The van der Waals surface area contributed by atoms with Gasteiger partial charge in [0.1, 0.15) is 0 Å². The normalized spacial score (nSPS) is 22.0. The maximum absolute atomic E-state index is 12.3. The number of hydrogen-bond acceptors (Lipinski definition) is 3. The smallest absolute Gasteiger partial charge is 0.261 e.